The smallest absolute Gasteiger partial charge is 0.253 e. The van der Waals surface area contributed by atoms with Crippen LogP contribution in [0, 0.1) is 5.82 Å². The van der Waals surface area contributed by atoms with Crippen LogP contribution in [0.1, 0.15) is 15.9 Å². The fourth-order valence-corrected chi connectivity index (χ4v) is 4.34. The monoisotopic (exact) mass is 439 g/mol. The van der Waals surface area contributed by atoms with Crippen molar-refractivity contribution in [2.75, 3.05) is 7.11 Å². The molecule has 0 radical (unpaired) electrons. The highest BCUT2D eigenvalue weighted by Crippen LogP contribution is 2.26. The number of benzene rings is 2. The molecule has 0 fully saturated rings. The molecule has 0 saturated heterocycles. The average Bonchev–Trinajstić information content (AvgIpc) is 3.26. The summed E-state index contributed by atoms with van der Waals surface area (Å²) in [5.74, 6) is -1.04. The summed E-state index contributed by atoms with van der Waals surface area (Å²) >= 11 is 0. The van der Waals surface area contributed by atoms with Crippen molar-refractivity contribution >= 4 is 21.4 Å². The quantitative estimate of drug-likeness (QED) is 0.466. The molecule has 7 nitrogen and oxygen atoms in total. The average molecular weight is 439 g/mol. The van der Waals surface area contributed by atoms with Crippen molar-refractivity contribution in [1.29, 1.82) is 0 Å². The summed E-state index contributed by atoms with van der Waals surface area (Å²) in [6, 6.07) is 13.0. The van der Waals surface area contributed by atoms with Crippen LogP contribution in [-0.2, 0) is 16.4 Å². The number of amides is 1. The van der Waals surface area contributed by atoms with Crippen molar-refractivity contribution < 1.29 is 22.3 Å². The van der Waals surface area contributed by atoms with Crippen molar-refractivity contribution in [3.05, 3.63) is 90.1 Å². The number of pyridine rings is 1. The van der Waals surface area contributed by atoms with Gasteiger partial charge in [-0.3, -0.25) is 4.79 Å². The number of methoxy groups -OCH3 is 1. The topological polar surface area (TPSA) is 89.8 Å². The zero-order valence-corrected chi connectivity index (χ0v) is 17.3. The van der Waals surface area contributed by atoms with E-state index < -0.39 is 15.7 Å². The molecule has 2 aromatic heterocycles. The molecule has 4 aromatic rings. The van der Waals surface area contributed by atoms with Gasteiger partial charge in [-0.15, -0.1) is 0 Å². The highest BCUT2D eigenvalue weighted by atomic mass is 32.2. The van der Waals surface area contributed by atoms with Crippen molar-refractivity contribution in [3.8, 4) is 5.75 Å². The fraction of sp³-hybridized carbons (Fsp3) is 0.0909. The molecule has 1 amide bonds. The predicted molar refractivity (Wildman–Crippen MR) is 111 cm³/mol. The van der Waals surface area contributed by atoms with Crippen molar-refractivity contribution in [2.45, 2.75) is 16.3 Å². The number of nitrogens with one attached hydrogen (secondary N) is 1. The lowest BCUT2D eigenvalue weighted by atomic mass is 10.2. The SMILES string of the molecule is COc1cc(S(=O)(=O)c2ccc(CNC(=O)c3ccc4nccn4c3)cc2)ccc1F. The Labute approximate surface area is 178 Å². The Morgan fingerprint density at radius 2 is 1.84 bits per heavy atom. The van der Waals surface area contributed by atoms with E-state index in [2.05, 4.69) is 10.3 Å². The second-order valence-corrected chi connectivity index (χ2v) is 8.69. The highest BCUT2D eigenvalue weighted by molar-refractivity contribution is 7.91. The number of nitrogens with zero attached hydrogens (tertiary/aromatic N) is 2. The molecule has 4 rings (SSSR count). The van der Waals surface area contributed by atoms with Crippen LogP contribution in [-0.4, -0.2) is 30.8 Å². The first-order valence-corrected chi connectivity index (χ1v) is 10.8. The van der Waals surface area contributed by atoms with Crippen LogP contribution in [0.15, 0.2) is 83.0 Å². The Bertz CT molecular complexity index is 1370. The summed E-state index contributed by atoms with van der Waals surface area (Å²) in [5, 5.41) is 2.80. The number of rotatable bonds is 6. The number of sulfone groups is 1. The second kappa shape index (κ2) is 8.19. The number of hydrogen-bond acceptors (Lipinski definition) is 5. The fourth-order valence-electron chi connectivity index (χ4n) is 3.07. The van der Waals surface area contributed by atoms with Crippen molar-refractivity contribution in [3.63, 3.8) is 0 Å². The van der Waals surface area contributed by atoms with Gasteiger partial charge in [0.25, 0.3) is 5.91 Å². The lowest BCUT2D eigenvalue weighted by Gasteiger charge is -2.09. The van der Waals surface area contributed by atoms with Gasteiger partial charge in [0.1, 0.15) is 5.65 Å². The summed E-state index contributed by atoms with van der Waals surface area (Å²) in [4.78, 5) is 16.5. The summed E-state index contributed by atoms with van der Waals surface area (Å²) in [7, 11) is -2.57. The van der Waals surface area contributed by atoms with Gasteiger partial charge >= 0.3 is 0 Å². The summed E-state index contributed by atoms with van der Waals surface area (Å²) in [6.45, 7) is 0.228. The van der Waals surface area contributed by atoms with Crippen LogP contribution >= 0.6 is 0 Å². The van der Waals surface area contributed by atoms with E-state index >= 15 is 0 Å². The summed E-state index contributed by atoms with van der Waals surface area (Å²) in [5.41, 5.74) is 1.95. The minimum absolute atomic E-state index is 0.0572. The number of imidazole rings is 1. The molecular formula is C22H18FN3O4S. The molecule has 2 aromatic carbocycles. The molecule has 1 N–H and O–H groups in total. The third-order valence-corrected chi connectivity index (χ3v) is 6.54. The maximum absolute atomic E-state index is 13.6. The first-order chi connectivity index (χ1) is 14.9. The first kappa shape index (κ1) is 20.5. The number of hydrogen-bond donors (Lipinski definition) is 1. The number of carbonyl (C=O) groups excluding carboxylic acids is 1. The Morgan fingerprint density at radius 1 is 1.10 bits per heavy atom. The number of aromatic nitrogens is 2. The molecule has 158 valence electrons. The maximum atomic E-state index is 13.6. The van der Waals surface area contributed by atoms with Gasteiger partial charge in [-0.1, -0.05) is 12.1 Å². The van der Waals surface area contributed by atoms with E-state index in [1.165, 1.54) is 25.3 Å². The van der Waals surface area contributed by atoms with Gasteiger partial charge in [-0.2, -0.15) is 0 Å². The molecule has 2 heterocycles. The van der Waals surface area contributed by atoms with Gasteiger partial charge in [-0.05, 0) is 42.0 Å². The minimum atomic E-state index is -3.84. The zero-order valence-electron chi connectivity index (χ0n) is 16.4. The van der Waals surface area contributed by atoms with E-state index in [-0.39, 0.29) is 28.0 Å². The molecule has 0 bridgehead atoms. The van der Waals surface area contributed by atoms with Gasteiger partial charge in [0, 0.05) is 31.2 Å². The first-order valence-electron chi connectivity index (χ1n) is 9.27. The molecule has 9 heteroatoms. The van der Waals surface area contributed by atoms with Gasteiger partial charge < -0.3 is 14.5 Å². The van der Waals surface area contributed by atoms with Crippen LogP contribution in [0.4, 0.5) is 4.39 Å². The molecule has 0 aliphatic carbocycles. The predicted octanol–water partition coefficient (Wildman–Crippen LogP) is 3.24. The Balaban J connectivity index is 1.47. The number of halogens is 1. The third kappa shape index (κ3) is 4.13. The normalized spacial score (nSPS) is 11.4. The Morgan fingerprint density at radius 3 is 2.58 bits per heavy atom. The van der Waals surface area contributed by atoms with Crippen LogP contribution in [0.2, 0.25) is 0 Å². The van der Waals surface area contributed by atoms with E-state index in [1.54, 1.807) is 47.3 Å². The van der Waals surface area contributed by atoms with Crippen LogP contribution in [0.3, 0.4) is 0 Å². The van der Waals surface area contributed by atoms with Crippen molar-refractivity contribution in [2.24, 2.45) is 0 Å². The zero-order chi connectivity index (χ0) is 22.0. The molecule has 31 heavy (non-hydrogen) atoms. The summed E-state index contributed by atoms with van der Waals surface area (Å²) in [6.07, 6.45) is 5.08. The minimum Gasteiger partial charge on any atom is -0.494 e. The van der Waals surface area contributed by atoms with Gasteiger partial charge in [0.15, 0.2) is 11.6 Å². The molecular weight excluding hydrogens is 421 g/mol. The Kier molecular flexibility index (Phi) is 5.43. The van der Waals surface area contributed by atoms with Crippen molar-refractivity contribution in [1.82, 2.24) is 14.7 Å². The van der Waals surface area contributed by atoms with Gasteiger partial charge in [0.2, 0.25) is 9.84 Å². The molecule has 0 aliphatic rings. The van der Waals surface area contributed by atoms with E-state index in [0.29, 0.717) is 5.56 Å². The number of carbonyl (C=O) groups is 1. The lowest BCUT2D eigenvalue weighted by molar-refractivity contribution is 0.0950. The van der Waals surface area contributed by atoms with Crippen LogP contribution in [0.25, 0.3) is 5.65 Å². The number of fused-ring (bicyclic) bond motifs is 1. The third-order valence-electron chi connectivity index (χ3n) is 4.77. The second-order valence-electron chi connectivity index (χ2n) is 6.74. The van der Waals surface area contributed by atoms with E-state index in [9.17, 15) is 17.6 Å². The standard InChI is InChI=1S/C22H18FN3O4S/c1-30-20-12-18(7-8-19(20)23)31(28,29)17-5-2-15(3-6-17)13-25-22(27)16-4-9-21-24-10-11-26(21)14-16/h2-12,14H,13H2,1H3,(H,25,27). The maximum Gasteiger partial charge on any atom is 0.253 e. The Hall–Kier alpha value is -3.72. The molecule has 0 aliphatic heterocycles. The van der Waals surface area contributed by atoms with Gasteiger partial charge in [-0.25, -0.2) is 17.8 Å². The molecule has 0 saturated carbocycles. The summed E-state index contributed by atoms with van der Waals surface area (Å²) < 4.78 is 45.8. The lowest BCUT2D eigenvalue weighted by Crippen LogP contribution is -2.23. The largest absolute Gasteiger partial charge is 0.494 e. The van der Waals surface area contributed by atoms with Crippen LogP contribution in [0.5, 0.6) is 5.75 Å². The van der Waals surface area contributed by atoms with Crippen LogP contribution < -0.4 is 10.1 Å². The molecule has 0 unspecified atom stereocenters. The van der Waals surface area contributed by atoms with E-state index in [1.807, 2.05) is 0 Å². The van der Waals surface area contributed by atoms with E-state index in [0.717, 1.165) is 23.3 Å². The number of ether oxygens (including phenoxy) is 1. The van der Waals surface area contributed by atoms with Gasteiger partial charge in [0.05, 0.1) is 22.5 Å². The molecule has 0 spiro atoms. The molecule has 0 atom stereocenters. The highest BCUT2D eigenvalue weighted by Gasteiger charge is 2.19. The van der Waals surface area contributed by atoms with E-state index in [4.69, 9.17) is 4.74 Å².